The highest BCUT2D eigenvalue weighted by Crippen LogP contribution is 2.13. The molecule has 0 aromatic heterocycles. The van der Waals surface area contributed by atoms with Gasteiger partial charge in [-0.2, -0.15) is 0 Å². The van der Waals surface area contributed by atoms with Gasteiger partial charge in [0, 0.05) is 6.07 Å². The molecule has 0 bridgehead atoms. The average Bonchev–Trinajstić information content (AvgIpc) is 2.04. The Morgan fingerprint density at radius 2 is 2.33 bits per heavy atom. The topological polar surface area (TPSA) is 9.23 Å². The van der Waals surface area contributed by atoms with Crippen LogP contribution in [0, 0.1) is 5.82 Å². The molecule has 0 aliphatic rings. The van der Waals surface area contributed by atoms with E-state index in [0.29, 0.717) is 5.75 Å². The third-order valence-electron chi connectivity index (χ3n) is 1.45. The smallest absolute Gasteiger partial charge is 0.126 e. The Bertz CT molecular complexity index is 270. The molecule has 0 saturated heterocycles. The molecule has 0 amide bonds. The minimum absolute atomic E-state index is 0.0909. The van der Waals surface area contributed by atoms with Crippen molar-refractivity contribution >= 4 is 0 Å². The van der Waals surface area contributed by atoms with Gasteiger partial charge >= 0.3 is 0 Å². The molecule has 0 heterocycles. The number of hydrogen-bond acceptors (Lipinski definition) is 1. The van der Waals surface area contributed by atoms with E-state index < -0.39 is 0 Å². The fourth-order valence-electron chi connectivity index (χ4n) is 0.803. The van der Waals surface area contributed by atoms with Gasteiger partial charge in [0.1, 0.15) is 17.7 Å². The molecule has 0 radical (unpaired) electrons. The van der Waals surface area contributed by atoms with Crippen LogP contribution >= 0.6 is 0 Å². The first-order valence-electron chi connectivity index (χ1n) is 3.77. The highest BCUT2D eigenvalue weighted by atomic mass is 19.1. The van der Waals surface area contributed by atoms with E-state index in [1.807, 2.05) is 6.92 Å². The van der Waals surface area contributed by atoms with Gasteiger partial charge in [-0.15, -0.1) is 0 Å². The maximum Gasteiger partial charge on any atom is 0.126 e. The summed E-state index contributed by atoms with van der Waals surface area (Å²) < 4.78 is 17.9. The number of halogens is 1. The van der Waals surface area contributed by atoms with E-state index in [4.69, 9.17) is 4.74 Å². The van der Waals surface area contributed by atoms with Gasteiger partial charge in [0.15, 0.2) is 0 Å². The van der Waals surface area contributed by atoms with E-state index in [-0.39, 0.29) is 11.9 Å². The number of rotatable bonds is 3. The zero-order valence-electron chi connectivity index (χ0n) is 6.96. The van der Waals surface area contributed by atoms with Crippen LogP contribution < -0.4 is 4.74 Å². The summed E-state index contributed by atoms with van der Waals surface area (Å²) in [5.74, 6) is 0.242. The zero-order valence-corrected chi connectivity index (χ0v) is 6.96. The third-order valence-corrected chi connectivity index (χ3v) is 1.45. The first kappa shape index (κ1) is 8.78. The number of ether oxygens (including phenoxy) is 1. The second-order valence-electron chi connectivity index (χ2n) is 2.52. The molecule has 2 heteroatoms. The second kappa shape index (κ2) is 3.90. The van der Waals surface area contributed by atoms with Crippen LogP contribution in [0.25, 0.3) is 0 Å². The van der Waals surface area contributed by atoms with E-state index in [0.717, 1.165) is 0 Å². The fourth-order valence-corrected chi connectivity index (χ4v) is 0.803. The highest BCUT2D eigenvalue weighted by molar-refractivity contribution is 5.22. The van der Waals surface area contributed by atoms with E-state index in [2.05, 4.69) is 6.58 Å². The van der Waals surface area contributed by atoms with E-state index in [9.17, 15) is 4.39 Å². The third kappa shape index (κ3) is 2.38. The largest absolute Gasteiger partial charge is 0.487 e. The lowest BCUT2D eigenvalue weighted by Crippen LogP contribution is -2.07. The molecule has 1 atom stereocenters. The van der Waals surface area contributed by atoms with Crippen molar-refractivity contribution in [3.8, 4) is 5.75 Å². The van der Waals surface area contributed by atoms with Crippen molar-refractivity contribution in [2.75, 3.05) is 0 Å². The molecule has 1 unspecified atom stereocenters. The summed E-state index contributed by atoms with van der Waals surface area (Å²) in [6.07, 6.45) is 1.57. The molecule has 12 heavy (non-hydrogen) atoms. The zero-order chi connectivity index (χ0) is 8.97. The Hall–Kier alpha value is -1.31. The molecule has 0 saturated carbocycles. The van der Waals surface area contributed by atoms with Crippen LogP contribution in [0.2, 0.25) is 0 Å². The molecular weight excluding hydrogens is 155 g/mol. The van der Waals surface area contributed by atoms with Crippen molar-refractivity contribution in [1.82, 2.24) is 0 Å². The maximum absolute atomic E-state index is 12.6. The highest BCUT2D eigenvalue weighted by Gasteiger charge is 1.98. The molecule has 0 aliphatic carbocycles. The number of hydrogen-bond donors (Lipinski definition) is 0. The Kier molecular flexibility index (Phi) is 2.86. The standard InChI is InChI=1S/C10H11FO/c1-3-8(2)12-10-6-4-5-9(11)7-10/h3-8H,1H2,2H3. The Morgan fingerprint density at radius 1 is 1.58 bits per heavy atom. The molecule has 0 aliphatic heterocycles. The molecule has 0 N–H and O–H groups in total. The second-order valence-corrected chi connectivity index (χ2v) is 2.52. The maximum atomic E-state index is 12.6. The van der Waals surface area contributed by atoms with E-state index >= 15 is 0 Å². The lowest BCUT2D eigenvalue weighted by molar-refractivity contribution is 0.269. The lowest BCUT2D eigenvalue weighted by Gasteiger charge is -2.09. The molecule has 0 spiro atoms. The first-order valence-corrected chi connectivity index (χ1v) is 3.77. The Labute approximate surface area is 71.5 Å². The van der Waals surface area contributed by atoms with Crippen LogP contribution in [0.4, 0.5) is 4.39 Å². The predicted molar refractivity (Wildman–Crippen MR) is 46.7 cm³/mol. The first-order chi connectivity index (χ1) is 5.72. The van der Waals surface area contributed by atoms with Gasteiger partial charge in [0.2, 0.25) is 0 Å². The van der Waals surface area contributed by atoms with Gasteiger partial charge in [-0.3, -0.25) is 0 Å². The van der Waals surface area contributed by atoms with Gasteiger partial charge in [0.05, 0.1) is 0 Å². The lowest BCUT2D eigenvalue weighted by atomic mass is 10.3. The summed E-state index contributed by atoms with van der Waals surface area (Å²) in [5, 5.41) is 0. The molecule has 1 nitrogen and oxygen atoms in total. The van der Waals surface area contributed by atoms with Crippen LogP contribution in [-0.2, 0) is 0 Å². The SMILES string of the molecule is C=CC(C)Oc1cccc(F)c1. The van der Waals surface area contributed by atoms with Gasteiger partial charge in [-0.1, -0.05) is 18.7 Å². The molecule has 0 fully saturated rings. The van der Waals surface area contributed by atoms with Gasteiger partial charge in [0.25, 0.3) is 0 Å². The quantitative estimate of drug-likeness (QED) is 0.627. The Morgan fingerprint density at radius 3 is 2.92 bits per heavy atom. The van der Waals surface area contributed by atoms with Crippen LogP contribution in [0.1, 0.15) is 6.92 Å². The molecule has 1 aromatic carbocycles. The molecule has 64 valence electrons. The summed E-state index contributed by atoms with van der Waals surface area (Å²) >= 11 is 0. The van der Waals surface area contributed by atoms with Crippen LogP contribution in [0.5, 0.6) is 5.75 Å². The van der Waals surface area contributed by atoms with Crippen molar-refractivity contribution in [3.05, 3.63) is 42.7 Å². The van der Waals surface area contributed by atoms with E-state index in [1.165, 1.54) is 12.1 Å². The predicted octanol–water partition coefficient (Wildman–Crippen LogP) is 2.78. The summed E-state index contributed by atoms with van der Waals surface area (Å²) in [5.41, 5.74) is 0. The minimum Gasteiger partial charge on any atom is -0.487 e. The minimum atomic E-state index is -0.288. The monoisotopic (exact) mass is 166 g/mol. The van der Waals surface area contributed by atoms with Crippen molar-refractivity contribution in [2.24, 2.45) is 0 Å². The summed E-state index contributed by atoms with van der Waals surface area (Å²) in [6.45, 7) is 5.41. The summed E-state index contributed by atoms with van der Waals surface area (Å²) in [6, 6.07) is 6.05. The van der Waals surface area contributed by atoms with Crippen LogP contribution in [0.3, 0.4) is 0 Å². The average molecular weight is 166 g/mol. The van der Waals surface area contributed by atoms with Gasteiger partial charge in [-0.05, 0) is 19.1 Å². The molecular formula is C10H11FO. The molecule has 1 aromatic rings. The van der Waals surface area contributed by atoms with Crippen LogP contribution in [-0.4, -0.2) is 6.10 Å². The van der Waals surface area contributed by atoms with Gasteiger partial charge < -0.3 is 4.74 Å². The van der Waals surface area contributed by atoms with Gasteiger partial charge in [-0.25, -0.2) is 4.39 Å². The number of benzene rings is 1. The van der Waals surface area contributed by atoms with Crippen LogP contribution in [0.15, 0.2) is 36.9 Å². The van der Waals surface area contributed by atoms with Crippen molar-refractivity contribution in [1.29, 1.82) is 0 Å². The van der Waals surface area contributed by atoms with Crippen molar-refractivity contribution < 1.29 is 9.13 Å². The van der Waals surface area contributed by atoms with Crippen molar-refractivity contribution in [3.63, 3.8) is 0 Å². The van der Waals surface area contributed by atoms with E-state index in [1.54, 1.807) is 18.2 Å². The normalized spacial score (nSPS) is 12.2. The summed E-state index contributed by atoms with van der Waals surface area (Å²) in [7, 11) is 0. The molecule has 1 rings (SSSR count). The van der Waals surface area contributed by atoms with Crippen molar-refractivity contribution in [2.45, 2.75) is 13.0 Å². The Balaban J connectivity index is 2.69. The summed E-state index contributed by atoms with van der Waals surface area (Å²) in [4.78, 5) is 0. The fraction of sp³-hybridized carbons (Fsp3) is 0.200.